The second-order valence-corrected chi connectivity index (χ2v) is 6.06. The third-order valence-corrected chi connectivity index (χ3v) is 3.66. The van der Waals surface area contributed by atoms with Gasteiger partial charge < -0.3 is 9.47 Å². The van der Waals surface area contributed by atoms with Crippen molar-refractivity contribution < 1.29 is 19.1 Å². The number of benzene rings is 1. The summed E-state index contributed by atoms with van der Waals surface area (Å²) in [6.45, 7) is 2.56. The summed E-state index contributed by atoms with van der Waals surface area (Å²) in [4.78, 5) is 23.0. The average molecular weight is 383 g/mol. The summed E-state index contributed by atoms with van der Waals surface area (Å²) in [5, 5.41) is 0. The number of carbonyl (C=O) groups is 2. The molecule has 1 aromatic carbocycles. The molecule has 1 rings (SSSR count). The number of ether oxygens (including phenoxy) is 2. The van der Waals surface area contributed by atoms with Gasteiger partial charge in [0.25, 0.3) is 0 Å². The van der Waals surface area contributed by atoms with Crippen molar-refractivity contribution in [2.75, 3.05) is 6.61 Å². The maximum atomic E-state index is 11.5. The van der Waals surface area contributed by atoms with Crippen molar-refractivity contribution in [3.05, 3.63) is 40.9 Å². The molecule has 0 heterocycles. The van der Waals surface area contributed by atoms with E-state index in [2.05, 4.69) is 22.9 Å². The molecule has 0 unspecified atom stereocenters. The van der Waals surface area contributed by atoms with Gasteiger partial charge in [-0.1, -0.05) is 55.0 Å². The molecule has 0 amide bonds. The number of carbonyl (C=O) groups excluding carboxylic acids is 2. The van der Waals surface area contributed by atoms with E-state index < -0.39 is 11.9 Å². The molecule has 0 aliphatic carbocycles. The van der Waals surface area contributed by atoms with E-state index in [4.69, 9.17) is 9.47 Å². The molecule has 5 heteroatoms. The summed E-state index contributed by atoms with van der Waals surface area (Å²) in [6, 6.07) is 6.85. The van der Waals surface area contributed by atoms with Crippen LogP contribution in [0.3, 0.4) is 0 Å². The van der Waals surface area contributed by atoms with Crippen molar-refractivity contribution in [3.63, 3.8) is 0 Å². The first kappa shape index (κ1) is 19.4. The number of rotatable bonds is 10. The van der Waals surface area contributed by atoms with Crippen LogP contribution in [0.25, 0.3) is 0 Å². The van der Waals surface area contributed by atoms with Crippen LogP contribution in [-0.4, -0.2) is 18.5 Å². The quantitative estimate of drug-likeness (QED) is 0.252. The third-order valence-electron chi connectivity index (χ3n) is 3.13. The molecule has 0 fully saturated rings. The Hall–Kier alpha value is -1.62. The van der Waals surface area contributed by atoms with Gasteiger partial charge in [0.15, 0.2) is 0 Å². The number of halogens is 1. The van der Waals surface area contributed by atoms with Crippen LogP contribution in [0.15, 0.2) is 40.9 Å². The highest BCUT2D eigenvalue weighted by Gasteiger charge is 2.03. The summed E-state index contributed by atoms with van der Waals surface area (Å²) >= 11 is 3.29. The van der Waals surface area contributed by atoms with Gasteiger partial charge in [-0.3, -0.25) is 0 Å². The molecule has 0 spiro atoms. The summed E-state index contributed by atoms with van der Waals surface area (Å²) in [6.07, 6.45) is 8.95. The van der Waals surface area contributed by atoms with Gasteiger partial charge in [-0.25, -0.2) is 9.59 Å². The lowest BCUT2D eigenvalue weighted by molar-refractivity contribution is -0.138. The average Bonchev–Trinajstić information content (AvgIpc) is 2.54. The molecule has 0 saturated heterocycles. The Kier molecular flexibility index (Phi) is 10.0. The highest BCUT2D eigenvalue weighted by atomic mass is 79.9. The first-order valence-electron chi connectivity index (χ1n) is 7.94. The van der Waals surface area contributed by atoms with Gasteiger partial charge in [0.1, 0.15) is 5.75 Å². The van der Waals surface area contributed by atoms with Gasteiger partial charge in [-0.05, 0) is 30.7 Å². The van der Waals surface area contributed by atoms with Gasteiger partial charge >= 0.3 is 11.9 Å². The fourth-order valence-corrected chi connectivity index (χ4v) is 2.16. The molecule has 0 saturated carbocycles. The summed E-state index contributed by atoms with van der Waals surface area (Å²) in [5.74, 6) is -0.710. The lowest BCUT2D eigenvalue weighted by Crippen LogP contribution is -2.07. The highest BCUT2D eigenvalue weighted by molar-refractivity contribution is 9.10. The Balaban J connectivity index is 2.16. The smallest absolute Gasteiger partial charge is 0.336 e. The topological polar surface area (TPSA) is 52.6 Å². The fraction of sp³-hybridized carbons (Fsp3) is 0.444. The van der Waals surface area contributed by atoms with E-state index in [0.717, 1.165) is 29.5 Å². The molecular formula is C18H23BrO4. The molecule has 23 heavy (non-hydrogen) atoms. The van der Waals surface area contributed by atoms with E-state index in [1.807, 2.05) is 0 Å². The lowest BCUT2D eigenvalue weighted by atomic mass is 10.1. The maximum Gasteiger partial charge on any atom is 0.336 e. The van der Waals surface area contributed by atoms with Crippen LogP contribution in [0.1, 0.15) is 45.4 Å². The van der Waals surface area contributed by atoms with Crippen LogP contribution in [0.5, 0.6) is 5.75 Å². The Morgan fingerprint density at radius 1 is 0.957 bits per heavy atom. The van der Waals surface area contributed by atoms with Crippen molar-refractivity contribution in [3.8, 4) is 5.75 Å². The Labute approximate surface area is 146 Å². The minimum absolute atomic E-state index is 0.386. The molecule has 4 nitrogen and oxygen atoms in total. The third kappa shape index (κ3) is 9.89. The molecule has 0 atom stereocenters. The second kappa shape index (κ2) is 11.9. The zero-order valence-corrected chi connectivity index (χ0v) is 15.0. The van der Waals surface area contributed by atoms with Crippen LogP contribution >= 0.6 is 15.9 Å². The largest absolute Gasteiger partial charge is 0.463 e. The number of unbranched alkanes of at least 4 members (excludes halogenated alkanes) is 5. The fourth-order valence-electron chi connectivity index (χ4n) is 1.89. The zero-order chi connectivity index (χ0) is 16.9. The normalized spacial score (nSPS) is 10.7. The minimum atomic E-state index is -0.608. The minimum Gasteiger partial charge on any atom is -0.463 e. The van der Waals surface area contributed by atoms with E-state index >= 15 is 0 Å². The van der Waals surface area contributed by atoms with E-state index in [-0.39, 0.29) is 0 Å². The van der Waals surface area contributed by atoms with Gasteiger partial charge in [-0.2, -0.15) is 0 Å². The van der Waals surface area contributed by atoms with Gasteiger partial charge in [-0.15, -0.1) is 0 Å². The summed E-state index contributed by atoms with van der Waals surface area (Å²) in [7, 11) is 0. The van der Waals surface area contributed by atoms with Gasteiger partial charge in [0, 0.05) is 16.6 Å². The monoisotopic (exact) mass is 382 g/mol. The van der Waals surface area contributed by atoms with Gasteiger partial charge in [0.05, 0.1) is 6.61 Å². The number of hydrogen-bond acceptors (Lipinski definition) is 4. The van der Waals surface area contributed by atoms with Crippen molar-refractivity contribution in [1.82, 2.24) is 0 Å². The number of esters is 2. The van der Waals surface area contributed by atoms with Crippen molar-refractivity contribution in [2.24, 2.45) is 0 Å². The standard InChI is InChI=1S/C18H23BrO4/c1-2-3-4-5-6-7-14-22-17(20)12-13-18(21)23-16-10-8-15(19)9-11-16/h8-13H,2-7,14H2,1H3/b13-12+. The Morgan fingerprint density at radius 2 is 1.57 bits per heavy atom. The Bertz CT molecular complexity index is 508. The molecule has 0 aliphatic heterocycles. The number of hydrogen-bond donors (Lipinski definition) is 0. The predicted octanol–water partition coefficient (Wildman–Crippen LogP) is 4.81. The molecule has 0 radical (unpaired) electrons. The molecule has 1 aromatic rings. The molecule has 126 valence electrons. The second-order valence-electron chi connectivity index (χ2n) is 5.14. The Morgan fingerprint density at radius 3 is 2.26 bits per heavy atom. The molecule has 0 aromatic heterocycles. The van der Waals surface area contributed by atoms with Crippen molar-refractivity contribution in [1.29, 1.82) is 0 Å². The van der Waals surface area contributed by atoms with Crippen LogP contribution < -0.4 is 4.74 Å². The molecule has 0 N–H and O–H groups in total. The molecule has 0 bridgehead atoms. The van der Waals surface area contributed by atoms with Gasteiger partial charge in [0.2, 0.25) is 0 Å². The predicted molar refractivity (Wildman–Crippen MR) is 93.3 cm³/mol. The first-order chi connectivity index (χ1) is 11.1. The van der Waals surface area contributed by atoms with E-state index in [1.165, 1.54) is 25.7 Å². The van der Waals surface area contributed by atoms with Crippen molar-refractivity contribution in [2.45, 2.75) is 45.4 Å². The first-order valence-corrected chi connectivity index (χ1v) is 8.73. The summed E-state index contributed by atoms with van der Waals surface area (Å²) < 4.78 is 11.0. The lowest BCUT2D eigenvalue weighted by Gasteiger charge is -2.02. The molecular weight excluding hydrogens is 360 g/mol. The van der Waals surface area contributed by atoms with E-state index in [9.17, 15) is 9.59 Å². The van der Waals surface area contributed by atoms with Crippen LogP contribution in [0.4, 0.5) is 0 Å². The van der Waals surface area contributed by atoms with Crippen molar-refractivity contribution >= 4 is 27.9 Å². The maximum absolute atomic E-state index is 11.5. The SMILES string of the molecule is CCCCCCCCOC(=O)/C=C/C(=O)Oc1ccc(Br)cc1. The van der Waals surface area contributed by atoms with Crippen LogP contribution in [-0.2, 0) is 14.3 Å². The van der Waals surface area contributed by atoms with Crippen LogP contribution in [0, 0.1) is 0 Å². The van der Waals surface area contributed by atoms with E-state index in [0.29, 0.717) is 12.4 Å². The zero-order valence-electron chi connectivity index (χ0n) is 13.4. The van der Waals surface area contributed by atoms with E-state index in [1.54, 1.807) is 24.3 Å². The molecule has 0 aliphatic rings. The highest BCUT2D eigenvalue weighted by Crippen LogP contribution is 2.16. The summed E-state index contributed by atoms with van der Waals surface area (Å²) in [5.41, 5.74) is 0. The van der Waals surface area contributed by atoms with Crippen LogP contribution in [0.2, 0.25) is 0 Å².